The van der Waals surface area contributed by atoms with Gasteiger partial charge in [0.2, 0.25) is 5.91 Å². The Morgan fingerprint density at radius 1 is 1.24 bits per heavy atom. The van der Waals surface area contributed by atoms with Gasteiger partial charge in [0.15, 0.2) is 0 Å². The number of nitrogens with zero attached hydrogens (tertiary/aromatic N) is 1. The minimum atomic E-state index is -0.382. The van der Waals surface area contributed by atoms with Gasteiger partial charge in [0, 0.05) is 36.7 Å². The van der Waals surface area contributed by atoms with Gasteiger partial charge in [-0.15, -0.1) is 0 Å². The molecule has 3 rings (SSSR count). The molecular formula is C18H21FN4O2. The van der Waals surface area contributed by atoms with E-state index in [4.69, 9.17) is 0 Å². The third-order valence-electron chi connectivity index (χ3n) is 4.35. The minimum absolute atomic E-state index is 0.00562. The van der Waals surface area contributed by atoms with Gasteiger partial charge in [-0.1, -0.05) is 0 Å². The molecule has 1 aromatic heterocycles. The summed E-state index contributed by atoms with van der Waals surface area (Å²) < 4.78 is 12.8. The summed E-state index contributed by atoms with van der Waals surface area (Å²) in [7, 11) is 0. The number of aromatic amines is 1. The number of nitrogens with one attached hydrogen (secondary N) is 3. The van der Waals surface area contributed by atoms with E-state index in [1.165, 1.54) is 24.3 Å². The second kappa shape index (κ2) is 7.46. The number of aromatic nitrogens is 2. The first kappa shape index (κ1) is 17.1. The van der Waals surface area contributed by atoms with E-state index in [-0.39, 0.29) is 23.5 Å². The van der Waals surface area contributed by atoms with Crippen LogP contribution in [0.3, 0.4) is 0 Å². The van der Waals surface area contributed by atoms with Crippen molar-refractivity contribution in [3.05, 3.63) is 52.9 Å². The summed E-state index contributed by atoms with van der Waals surface area (Å²) in [5.41, 5.74) is 2.50. The standard InChI is InChI=1S/C18H21FN4O2/c1-11-22-15-7-4-13(10-16(15)23-11)18(25)21-9-8-20-17(24)12-2-5-14(19)6-3-12/h2-3,5-6,13H,4,7-10H2,1H3,(H,20,24)(H,21,25)(H,22,23). The van der Waals surface area contributed by atoms with E-state index in [0.29, 0.717) is 25.1 Å². The molecule has 1 aliphatic carbocycles. The van der Waals surface area contributed by atoms with Crippen LogP contribution in [-0.4, -0.2) is 34.9 Å². The fourth-order valence-electron chi connectivity index (χ4n) is 3.06. The molecule has 0 aliphatic heterocycles. The van der Waals surface area contributed by atoms with Crippen LogP contribution in [0.4, 0.5) is 4.39 Å². The van der Waals surface area contributed by atoms with Gasteiger partial charge in [0.25, 0.3) is 5.91 Å². The molecule has 0 radical (unpaired) electrons. The van der Waals surface area contributed by atoms with E-state index in [1.54, 1.807) is 0 Å². The predicted molar refractivity (Wildman–Crippen MR) is 90.6 cm³/mol. The summed E-state index contributed by atoms with van der Waals surface area (Å²) in [5.74, 6) is 0.139. The van der Waals surface area contributed by atoms with Gasteiger partial charge in [-0.05, 0) is 44.0 Å². The van der Waals surface area contributed by atoms with Gasteiger partial charge in [0.1, 0.15) is 11.6 Å². The van der Waals surface area contributed by atoms with E-state index in [1.807, 2.05) is 6.92 Å². The van der Waals surface area contributed by atoms with Gasteiger partial charge >= 0.3 is 0 Å². The van der Waals surface area contributed by atoms with Crippen LogP contribution in [0.15, 0.2) is 24.3 Å². The Morgan fingerprint density at radius 3 is 2.72 bits per heavy atom. The van der Waals surface area contributed by atoms with Crippen molar-refractivity contribution in [3.8, 4) is 0 Å². The van der Waals surface area contributed by atoms with Crippen molar-refractivity contribution in [1.82, 2.24) is 20.6 Å². The van der Waals surface area contributed by atoms with E-state index in [2.05, 4.69) is 20.6 Å². The largest absolute Gasteiger partial charge is 0.354 e. The number of benzene rings is 1. The maximum Gasteiger partial charge on any atom is 0.251 e. The number of halogens is 1. The first-order valence-corrected chi connectivity index (χ1v) is 8.39. The molecule has 0 fully saturated rings. The zero-order chi connectivity index (χ0) is 17.8. The Kier molecular flexibility index (Phi) is 5.11. The lowest BCUT2D eigenvalue weighted by atomic mass is 9.89. The van der Waals surface area contributed by atoms with E-state index in [9.17, 15) is 14.0 Å². The highest BCUT2D eigenvalue weighted by Gasteiger charge is 2.26. The predicted octanol–water partition coefficient (Wildman–Crippen LogP) is 1.51. The molecule has 0 spiro atoms. The monoisotopic (exact) mass is 344 g/mol. The summed E-state index contributed by atoms with van der Waals surface area (Å²) in [6, 6.07) is 5.33. The molecule has 7 heteroatoms. The molecule has 2 aromatic rings. The van der Waals surface area contributed by atoms with Crippen LogP contribution in [0.1, 0.15) is 34.0 Å². The van der Waals surface area contributed by atoms with Crippen LogP contribution in [0.2, 0.25) is 0 Å². The smallest absolute Gasteiger partial charge is 0.251 e. The lowest BCUT2D eigenvalue weighted by Crippen LogP contribution is -2.39. The highest BCUT2D eigenvalue weighted by molar-refractivity contribution is 5.94. The number of carbonyl (C=O) groups is 2. The molecule has 1 aliphatic rings. The summed E-state index contributed by atoms with van der Waals surface area (Å²) in [5, 5.41) is 5.56. The van der Waals surface area contributed by atoms with Gasteiger partial charge in [-0.2, -0.15) is 0 Å². The van der Waals surface area contributed by atoms with Crippen LogP contribution >= 0.6 is 0 Å². The zero-order valence-corrected chi connectivity index (χ0v) is 14.1. The molecule has 1 aromatic carbocycles. The fraction of sp³-hybridized carbons (Fsp3) is 0.389. The van der Waals surface area contributed by atoms with Crippen LogP contribution in [0, 0.1) is 18.7 Å². The molecule has 6 nitrogen and oxygen atoms in total. The van der Waals surface area contributed by atoms with Gasteiger partial charge < -0.3 is 15.6 Å². The molecule has 0 saturated heterocycles. The number of amides is 2. The lowest BCUT2D eigenvalue weighted by molar-refractivity contribution is -0.125. The number of fused-ring (bicyclic) bond motifs is 1. The minimum Gasteiger partial charge on any atom is -0.354 e. The van der Waals surface area contributed by atoms with E-state index < -0.39 is 0 Å². The first-order chi connectivity index (χ1) is 12.0. The Morgan fingerprint density at radius 2 is 1.96 bits per heavy atom. The van der Waals surface area contributed by atoms with Gasteiger partial charge in [-0.3, -0.25) is 9.59 Å². The van der Waals surface area contributed by atoms with Crippen molar-refractivity contribution in [2.45, 2.75) is 26.2 Å². The second-order valence-corrected chi connectivity index (χ2v) is 6.24. The lowest BCUT2D eigenvalue weighted by Gasteiger charge is -2.20. The number of imidazole rings is 1. The molecule has 1 unspecified atom stereocenters. The van der Waals surface area contributed by atoms with Gasteiger partial charge in [0.05, 0.1) is 5.69 Å². The number of H-pyrrole nitrogens is 1. The number of hydrogen-bond acceptors (Lipinski definition) is 3. The van der Waals surface area contributed by atoms with Crippen molar-refractivity contribution in [2.75, 3.05) is 13.1 Å². The molecule has 1 atom stereocenters. The highest BCUT2D eigenvalue weighted by Crippen LogP contribution is 2.23. The number of carbonyl (C=O) groups excluding carboxylic acids is 2. The molecule has 3 N–H and O–H groups in total. The molecule has 0 saturated carbocycles. The average Bonchev–Trinajstić information content (AvgIpc) is 2.98. The zero-order valence-electron chi connectivity index (χ0n) is 14.1. The van der Waals surface area contributed by atoms with Crippen molar-refractivity contribution in [2.24, 2.45) is 5.92 Å². The molecule has 2 amide bonds. The average molecular weight is 344 g/mol. The van der Waals surface area contributed by atoms with Gasteiger partial charge in [-0.25, -0.2) is 9.37 Å². The summed E-state index contributed by atoms with van der Waals surface area (Å²) >= 11 is 0. The quantitative estimate of drug-likeness (QED) is 0.719. The van der Waals surface area contributed by atoms with Crippen molar-refractivity contribution in [3.63, 3.8) is 0 Å². The van der Waals surface area contributed by atoms with E-state index >= 15 is 0 Å². The van der Waals surface area contributed by atoms with E-state index in [0.717, 1.165) is 30.1 Å². The summed E-state index contributed by atoms with van der Waals surface area (Å²) in [4.78, 5) is 31.8. The second-order valence-electron chi connectivity index (χ2n) is 6.24. The molecule has 132 valence electrons. The molecule has 0 bridgehead atoms. The normalized spacial score (nSPS) is 16.2. The van der Waals surface area contributed by atoms with Crippen LogP contribution in [0.25, 0.3) is 0 Å². The topological polar surface area (TPSA) is 86.9 Å². The Bertz CT molecular complexity index is 770. The highest BCUT2D eigenvalue weighted by atomic mass is 19.1. The van der Waals surface area contributed by atoms with Crippen LogP contribution in [-0.2, 0) is 17.6 Å². The van der Waals surface area contributed by atoms with Crippen LogP contribution in [0.5, 0.6) is 0 Å². The Hall–Kier alpha value is -2.70. The maximum atomic E-state index is 12.8. The first-order valence-electron chi connectivity index (χ1n) is 8.39. The molecule has 25 heavy (non-hydrogen) atoms. The third kappa shape index (κ3) is 4.23. The number of rotatable bonds is 5. The Balaban J connectivity index is 1.41. The fourth-order valence-corrected chi connectivity index (χ4v) is 3.06. The SMILES string of the molecule is Cc1nc2c([nH]1)CC(C(=O)NCCNC(=O)c1ccc(F)cc1)CC2. The van der Waals surface area contributed by atoms with Crippen molar-refractivity contribution < 1.29 is 14.0 Å². The summed E-state index contributed by atoms with van der Waals surface area (Å²) in [6.45, 7) is 2.59. The molecule has 1 heterocycles. The van der Waals surface area contributed by atoms with Crippen molar-refractivity contribution >= 4 is 11.8 Å². The Labute approximate surface area is 145 Å². The molecular weight excluding hydrogens is 323 g/mol. The maximum absolute atomic E-state index is 12.8. The number of hydrogen-bond donors (Lipinski definition) is 3. The number of aryl methyl sites for hydroxylation is 2. The van der Waals surface area contributed by atoms with Crippen molar-refractivity contribution in [1.29, 1.82) is 0 Å². The summed E-state index contributed by atoms with van der Waals surface area (Å²) in [6.07, 6.45) is 2.26. The third-order valence-corrected chi connectivity index (χ3v) is 4.35. The van der Waals surface area contributed by atoms with Crippen LogP contribution < -0.4 is 10.6 Å².